The Morgan fingerprint density at radius 3 is 2.12 bits per heavy atom. The molecule has 0 N–H and O–H groups in total. The zero-order valence-electron chi connectivity index (χ0n) is 14.3. The molecule has 134 valence electrons. The molecule has 5 nitrogen and oxygen atoms in total. The average molecular weight is 362 g/mol. The molecule has 2 unspecified atom stereocenters. The van der Waals surface area contributed by atoms with Crippen LogP contribution >= 0.6 is 8.69 Å². The summed E-state index contributed by atoms with van der Waals surface area (Å²) < 4.78 is 23.1. The molecule has 1 saturated heterocycles. The summed E-state index contributed by atoms with van der Waals surface area (Å²) in [6.07, 6.45) is 6.30. The second-order valence-electron chi connectivity index (χ2n) is 8.14. The van der Waals surface area contributed by atoms with E-state index in [9.17, 15) is 4.57 Å². The first-order valence-electron chi connectivity index (χ1n) is 9.21. The highest BCUT2D eigenvalue weighted by molar-refractivity contribution is 7.17. The largest absolute Gasteiger partial charge is 0.346 e. The van der Waals surface area contributed by atoms with Gasteiger partial charge in [-0.25, -0.2) is 9.09 Å². The lowest BCUT2D eigenvalue weighted by Gasteiger charge is -2.64. The Morgan fingerprint density at radius 2 is 1.64 bits per heavy atom. The van der Waals surface area contributed by atoms with E-state index in [4.69, 9.17) is 19.0 Å². The summed E-state index contributed by atoms with van der Waals surface area (Å²) in [5, 5.41) is 0. The molecule has 1 aromatic carbocycles. The van der Waals surface area contributed by atoms with Crippen LogP contribution in [0, 0.1) is 29.6 Å². The van der Waals surface area contributed by atoms with Crippen LogP contribution in [0.4, 0.5) is 0 Å². The highest BCUT2D eigenvalue weighted by Crippen LogP contribution is 2.66. The van der Waals surface area contributed by atoms with E-state index in [-0.39, 0.29) is 5.92 Å². The van der Waals surface area contributed by atoms with Crippen molar-refractivity contribution in [3.05, 3.63) is 35.9 Å². The van der Waals surface area contributed by atoms with Crippen LogP contribution in [0.5, 0.6) is 0 Å². The van der Waals surface area contributed by atoms with Crippen LogP contribution in [0.25, 0.3) is 0 Å². The standard InChI is InChI=1S/C19H23O5P/c1-21-19(17-14-8-12-7-13(10-14)11-15(17)9-12)18(22-23-19,24-25-20)16-5-3-2-4-6-16/h2-6,12-15,17H,7-11H2,1H3. The lowest BCUT2D eigenvalue weighted by molar-refractivity contribution is -0.671. The normalized spacial score (nSPS) is 47.8. The van der Waals surface area contributed by atoms with Crippen molar-refractivity contribution in [2.75, 3.05) is 7.11 Å². The second-order valence-corrected chi connectivity index (χ2v) is 8.47. The summed E-state index contributed by atoms with van der Waals surface area (Å²) in [5.41, 5.74) is 0.778. The van der Waals surface area contributed by atoms with Crippen molar-refractivity contribution in [2.45, 2.75) is 43.7 Å². The Balaban J connectivity index is 1.58. The molecule has 0 spiro atoms. The summed E-state index contributed by atoms with van der Waals surface area (Å²) in [5.74, 6) is 0.656. The zero-order chi connectivity index (χ0) is 17.1. The van der Waals surface area contributed by atoms with E-state index in [0.29, 0.717) is 11.8 Å². The van der Waals surface area contributed by atoms with Crippen molar-refractivity contribution >= 4 is 8.69 Å². The number of hydrogen-bond donors (Lipinski definition) is 0. The van der Waals surface area contributed by atoms with E-state index in [2.05, 4.69) is 0 Å². The summed E-state index contributed by atoms with van der Waals surface area (Å²) in [6.45, 7) is 0. The van der Waals surface area contributed by atoms with Gasteiger partial charge in [-0.2, -0.15) is 9.78 Å². The van der Waals surface area contributed by atoms with Crippen LogP contribution in [0.3, 0.4) is 0 Å². The first kappa shape index (κ1) is 16.3. The minimum Gasteiger partial charge on any atom is -0.346 e. The lowest BCUT2D eigenvalue weighted by atomic mass is 9.49. The fourth-order valence-electron chi connectivity index (χ4n) is 6.42. The third-order valence-corrected chi connectivity index (χ3v) is 7.36. The van der Waals surface area contributed by atoms with Gasteiger partial charge in [0.1, 0.15) is 0 Å². The van der Waals surface area contributed by atoms with Gasteiger partial charge in [-0.15, -0.1) is 0 Å². The zero-order valence-corrected chi connectivity index (χ0v) is 15.2. The van der Waals surface area contributed by atoms with Gasteiger partial charge < -0.3 is 4.74 Å². The smallest absolute Gasteiger partial charge is 0.330 e. The quantitative estimate of drug-likeness (QED) is 0.573. The fourth-order valence-corrected chi connectivity index (χ4v) is 6.78. The van der Waals surface area contributed by atoms with E-state index >= 15 is 0 Å². The molecule has 0 amide bonds. The van der Waals surface area contributed by atoms with Gasteiger partial charge in [-0.05, 0) is 55.8 Å². The van der Waals surface area contributed by atoms with Crippen molar-refractivity contribution in [3.8, 4) is 0 Å². The first-order valence-corrected chi connectivity index (χ1v) is 9.94. The van der Waals surface area contributed by atoms with Crippen LogP contribution in [0.15, 0.2) is 30.3 Å². The van der Waals surface area contributed by atoms with Gasteiger partial charge in [-0.3, -0.25) is 0 Å². The second kappa shape index (κ2) is 5.83. The molecule has 2 atom stereocenters. The van der Waals surface area contributed by atoms with Crippen molar-refractivity contribution < 1.29 is 23.6 Å². The number of benzene rings is 1. The molecule has 4 saturated carbocycles. The van der Waals surface area contributed by atoms with Gasteiger partial charge in [0.15, 0.2) is 0 Å². The number of rotatable bonds is 5. The van der Waals surface area contributed by atoms with Crippen molar-refractivity contribution in [1.29, 1.82) is 0 Å². The predicted octanol–water partition coefficient (Wildman–Crippen LogP) is 4.44. The van der Waals surface area contributed by atoms with E-state index in [0.717, 1.165) is 17.4 Å². The molecule has 25 heavy (non-hydrogen) atoms. The Morgan fingerprint density at radius 1 is 1.00 bits per heavy atom. The van der Waals surface area contributed by atoms with Crippen LogP contribution in [0.1, 0.15) is 37.7 Å². The van der Waals surface area contributed by atoms with E-state index in [1.54, 1.807) is 7.11 Å². The maximum absolute atomic E-state index is 11.5. The fraction of sp³-hybridized carbons (Fsp3) is 0.684. The van der Waals surface area contributed by atoms with Gasteiger partial charge in [0, 0.05) is 18.6 Å². The van der Waals surface area contributed by atoms with E-state index in [1.807, 2.05) is 30.3 Å². The highest BCUT2D eigenvalue weighted by Gasteiger charge is 2.75. The van der Waals surface area contributed by atoms with Crippen LogP contribution < -0.4 is 0 Å². The Bertz CT molecular complexity index is 635. The molecule has 6 heteroatoms. The molecule has 0 radical (unpaired) electrons. The predicted molar refractivity (Wildman–Crippen MR) is 89.3 cm³/mol. The Kier molecular flexibility index (Phi) is 3.81. The third-order valence-electron chi connectivity index (χ3n) is 7.03. The topological polar surface area (TPSA) is 54.0 Å². The Labute approximate surface area is 149 Å². The first-order chi connectivity index (χ1) is 12.2. The van der Waals surface area contributed by atoms with Gasteiger partial charge in [0.25, 0.3) is 11.6 Å². The minimum atomic E-state index is -1.29. The minimum absolute atomic E-state index is 0.195. The molecule has 5 fully saturated rings. The number of ether oxygens (including phenoxy) is 1. The van der Waals surface area contributed by atoms with Crippen LogP contribution in [0.2, 0.25) is 0 Å². The third kappa shape index (κ3) is 2.11. The van der Waals surface area contributed by atoms with E-state index in [1.165, 1.54) is 32.1 Å². The van der Waals surface area contributed by atoms with Gasteiger partial charge in [0.05, 0.1) is 0 Å². The lowest BCUT2D eigenvalue weighted by Crippen LogP contribution is -2.73. The van der Waals surface area contributed by atoms with Gasteiger partial charge in [0.2, 0.25) is 0 Å². The molecule has 1 heterocycles. The molecule has 0 aromatic heterocycles. The summed E-state index contributed by atoms with van der Waals surface area (Å²) in [6, 6.07) is 9.60. The summed E-state index contributed by atoms with van der Waals surface area (Å²) in [4.78, 5) is 11.3. The molecule has 5 aliphatic rings. The maximum Gasteiger partial charge on any atom is 0.330 e. The van der Waals surface area contributed by atoms with Crippen molar-refractivity contribution in [2.24, 2.45) is 29.6 Å². The van der Waals surface area contributed by atoms with E-state index < -0.39 is 20.3 Å². The maximum atomic E-state index is 11.5. The molecular formula is C19H23O5P. The van der Waals surface area contributed by atoms with Crippen LogP contribution in [-0.2, 0) is 29.4 Å². The highest BCUT2D eigenvalue weighted by atomic mass is 31.1. The summed E-state index contributed by atoms with van der Waals surface area (Å²) >= 11 is 0. The molecule has 1 aliphatic heterocycles. The average Bonchev–Trinajstić information content (AvgIpc) is 2.61. The molecule has 4 bridgehead atoms. The number of hydrogen-bond acceptors (Lipinski definition) is 5. The van der Waals surface area contributed by atoms with Gasteiger partial charge in [-0.1, -0.05) is 30.3 Å². The molecule has 4 aliphatic carbocycles. The van der Waals surface area contributed by atoms with Crippen molar-refractivity contribution in [1.82, 2.24) is 0 Å². The van der Waals surface area contributed by atoms with Crippen LogP contribution in [-0.4, -0.2) is 12.9 Å². The molecular weight excluding hydrogens is 339 g/mol. The Hall–Kier alpha value is -0.840. The van der Waals surface area contributed by atoms with Crippen molar-refractivity contribution in [3.63, 3.8) is 0 Å². The number of methoxy groups -OCH3 is 1. The van der Waals surface area contributed by atoms with Gasteiger partial charge >= 0.3 is 8.69 Å². The molecule has 6 rings (SSSR count). The SMILES string of the molecule is COC1(C2C3CC4CC(C3)CC2C4)OOC1(OP=O)c1ccccc1. The summed E-state index contributed by atoms with van der Waals surface area (Å²) in [7, 11) is 1.21. The monoisotopic (exact) mass is 362 g/mol. The molecule has 1 aromatic rings.